The molecule has 0 radical (unpaired) electrons. The molecule has 24 heavy (non-hydrogen) atoms. The number of hydrogen-bond donors (Lipinski definition) is 2. The van der Waals surface area contributed by atoms with Crippen molar-refractivity contribution in [3.63, 3.8) is 0 Å². The number of nitrogens with zero attached hydrogens (tertiary/aromatic N) is 3. The van der Waals surface area contributed by atoms with Crippen LogP contribution in [0.5, 0.6) is 0 Å². The van der Waals surface area contributed by atoms with Crippen LogP contribution in [-0.4, -0.2) is 32.7 Å². The summed E-state index contributed by atoms with van der Waals surface area (Å²) in [6.07, 6.45) is 5.99. The standard InChI is InChI=1S/C18H24N4O2/c19-16-2-1-6-18(23,9-16)17-11-22(21-20-17)10-13-3-4-15-12-24-7-5-14(15)8-13/h3-4,8,11,16,23H,1-2,5-7,9-10,12,19H2. The zero-order valence-corrected chi connectivity index (χ0v) is 13.8. The molecule has 0 amide bonds. The van der Waals surface area contributed by atoms with Crippen LogP contribution < -0.4 is 5.73 Å². The van der Waals surface area contributed by atoms with Crippen LogP contribution in [0, 0.1) is 0 Å². The first kappa shape index (κ1) is 15.7. The maximum absolute atomic E-state index is 10.8. The van der Waals surface area contributed by atoms with Crippen LogP contribution in [0.15, 0.2) is 24.4 Å². The van der Waals surface area contributed by atoms with Gasteiger partial charge in [0.25, 0.3) is 0 Å². The highest BCUT2D eigenvalue weighted by molar-refractivity contribution is 5.33. The van der Waals surface area contributed by atoms with E-state index in [-0.39, 0.29) is 6.04 Å². The molecule has 2 aromatic rings. The van der Waals surface area contributed by atoms with Gasteiger partial charge >= 0.3 is 0 Å². The molecule has 0 saturated heterocycles. The first-order valence-corrected chi connectivity index (χ1v) is 8.69. The zero-order chi connectivity index (χ0) is 16.6. The molecular formula is C18H24N4O2. The highest BCUT2D eigenvalue weighted by Crippen LogP contribution is 2.35. The number of ether oxygens (including phenoxy) is 1. The Morgan fingerprint density at radius 1 is 1.38 bits per heavy atom. The fourth-order valence-electron chi connectivity index (χ4n) is 3.82. The summed E-state index contributed by atoms with van der Waals surface area (Å²) < 4.78 is 7.28. The summed E-state index contributed by atoms with van der Waals surface area (Å²) in [7, 11) is 0. The lowest BCUT2D eigenvalue weighted by molar-refractivity contribution is -0.0112. The fourth-order valence-corrected chi connectivity index (χ4v) is 3.82. The molecule has 6 heteroatoms. The van der Waals surface area contributed by atoms with Crippen LogP contribution in [-0.2, 0) is 29.9 Å². The van der Waals surface area contributed by atoms with Gasteiger partial charge in [-0.2, -0.15) is 0 Å². The third-order valence-electron chi connectivity index (χ3n) is 5.17. The number of aromatic nitrogens is 3. The molecule has 2 aliphatic rings. The Labute approximate surface area is 141 Å². The van der Waals surface area contributed by atoms with Gasteiger partial charge in [-0.05, 0) is 48.8 Å². The predicted molar refractivity (Wildman–Crippen MR) is 89.3 cm³/mol. The lowest BCUT2D eigenvalue weighted by Gasteiger charge is -2.33. The highest BCUT2D eigenvalue weighted by Gasteiger charge is 2.37. The summed E-state index contributed by atoms with van der Waals surface area (Å²) in [6, 6.07) is 6.51. The Bertz CT molecular complexity index is 730. The number of hydrogen-bond acceptors (Lipinski definition) is 5. The van der Waals surface area contributed by atoms with Crippen molar-refractivity contribution in [3.8, 4) is 0 Å². The molecule has 6 nitrogen and oxygen atoms in total. The molecule has 1 saturated carbocycles. The van der Waals surface area contributed by atoms with E-state index in [1.54, 1.807) is 4.68 Å². The minimum atomic E-state index is -0.927. The van der Waals surface area contributed by atoms with Crippen molar-refractivity contribution in [1.82, 2.24) is 15.0 Å². The van der Waals surface area contributed by atoms with Crippen LogP contribution in [0.1, 0.15) is 48.1 Å². The lowest BCUT2D eigenvalue weighted by Crippen LogP contribution is -2.39. The molecule has 0 spiro atoms. The normalized spacial score (nSPS) is 27.0. The third-order valence-corrected chi connectivity index (χ3v) is 5.17. The monoisotopic (exact) mass is 328 g/mol. The van der Waals surface area contributed by atoms with Crippen LogP contribution in [0.3, 0.4) is 0 Å². The molecule has 2 unspecified atom stereocenters. The van der Waals surface area contributed by atoms with E-state index >= 15 is 0 Å². The van der Waals surface area contributed by atoms with E-state index < -0.39 is 5.60 Å². The van der Waals surface area contributed by atoms with Gasteiger partial charge < -0.3 is 15.6 Å². The highest BCUT2D eigenvalue weighted by atomic mass is 16.5. The van der Waals surface area contributed by atoms with Gasteiger partial charge in [0.15, 0.2) is 0 Å². The number of aliphatic hydroxyl groups is 1. The molecule has 1 aromatic heterocycles. The van der Waals surface area contributed by atoms with E-state index in [4.69, 9.17) is 10.5 Å². The first-order chi connectivity index (χ1) is 11.6. The summed E-state index contributed by atoms with van der Waals surface area (Å²) in [5, 5.41) is 19.3. The summed E-state index contributed by atoms with van der Waals surface area (Å²) in [4.78, 5) is 0. The second-order valence-electron chi connectivity index (χ2n) is 7.10. The van der Waals surface area contributed by atoms with Crippen molar-refractivity contribution in [1.29, 1.82) is 0 Å². The van der Waals surface area contributed by atoms with Crippen molar-refractivity contribution < 1.29 is 9.84 Å². The van der Waals surface area contributed by atoms with Crippen LogP contribution in [0.25, 0.3) is 0 Å². The largest absolute Gasteiger partial charge is 0.383 e. The molecule has 2 atom stereocenters. The first-order valence-electron chi connectivity index (χ1n) is 8.69. The maximum atomic E-state index is 10.8. The second-order valence-corrected chi connectivity index (χ2v) is 7.10. The van der Waals surface area contributed by atoms with Gasteiger partial charge in [-0.1, -0.05) is 23.4 Å². The van der Waals surface area contributed by atoms with Gasteiger partial charge in [-0.3, -0.25) is 0 Å². The van der Waals surface area contributed by atoms with Gasteiger partial charge in [0.2, 0.25) is 0 Å². The summed E-state index contributed by atoms with van der Waals surface area (Å²) >= 11 is 0. The summed E-state index contributed by atoms with van der Waals surface area (Å²) in [6.45, 7) is 2.15. The van der Waals surface area contributed by atoms with E-state index in [0.717, 1.165) is 25.9 Å². The molecule has 3 N–H and O–H groups in total. The van der Waals surface area contributed by atoms with Gasteiger partial charge in [-0.25, -0.2) is 4.68 Å². The quantitative estimate of drug-likeness (QED) is 0.891. The van der Waals surface area contributed by atoms with Crippen LogP contribution in [0.2, 0.25) is 0 Å². The van der Waals surface area contributed by atoms with Crippen LogP contribution >= 0.6 is 0 Å². The molecule has 1 aliphatic heterocycles. The average Bonchev–Trinajstić information content (AvgIpc) is 3.04. The van der Waals surface area contributed by atoms with Crippen molar-refractivity contribution in [2.24, 2.45) is 5.73 Å². The minimum Gasteiger partial charge on any atom is -0.383 e. The summed E-state index contributed by atoms with van der Waals surface area (Å²) in [5.74, 6) is 0. The zero-order valence-electron chi connectivity index (χ0n) is 13.8. The van der Waals surface area contributed by atoms with Gasteiger partial charge in [0.1, 0.15) is 11.3 Å². The molecule has 1 fully saturated rings. The molecule has 128 valence electrons. The molecule has 2 heterocycles. The van der Waals surface area contributed by atoms with Gasteiger partial charge in [0, 0.05) is 6.04 Å². The van der Waals surface area contributed by atoms with Crippen molar-refractivity contribution >= 4 is 0 Å². The molecular weight excluding hydrogens is 304 g/mol. The van der Waals surface area contributed by atoms with E-state index in [1.807, 2.05) is 6.20 Å². The van der Waals surface area contributed by atoms with Crippen molar-refractivity contribution in [3.05, 3.63) is 46.8 Å². The summed E-state index contributed by atoms with van der Waals surface area (Å²) in [5.41, 5.74) is 9.56. The number of nitrogens with two attached hydrogens (primary N) is 1. The average molecular weight is 328 g/mol. The second kappa shape index (κ2) is 6.27. The Morgan fingerprint density at radius 3 is 3.17 bits per heavy atom. The van der Waals surface area contributed by atoms with Crippen molar-refractivity contribution in [2.45, 2.75) is 56.9 Å². The SMILES string of the molecule is NC1CCCC(O)(c2cn(Cc3ccc4c(c3)CCOC4)nn2)C1. The smallest absolute Gasteiger partial charge is 0.114 e. The van der Waals surface area contributed by atoms with E-state index in [9.17, 15) is 5.11 Å². The topological polar surface area (TPSA) is 86.2 Å². The Balaban J connectivity index is 1.51. The molecule has 0 bridgehead atoms. The molecule has 1 aliphatic carbocycles. The fraction of sp³-hybridized carbons (Fsp3) is 0.556. The Kier molecular flexibility index (Phi) is 4.12. The number of rotatable bonds is 3. The van der Waals surface area contributed by atoms with E-state index in [2.05, 4.69) is 28.5 Å². The van der Waals surface area contributed by atoms with Crippen LogP contribution in [0.4, 0.5) is 0 Å². The van der Waals surface area contributed by atoms with E-state index in [1.165, 1.54) is 16.7 Å². The maximum Gasteiger partial charge on any atom is 0.114 e. The van der Waals surface area contributed by atoms with E-state index in [0.29, 0.717) is 31.7 Å². The minimum absolute atomic E-state index is 0.0387. The molecule has 1 aromatic carbocycles. The third kappa shape index (κ3) is 3.09. The lowest BCUT2D eigenvalue weighted by atomic mass is 9.80. The number of benzene rings is 1. The Hall–Kier alpha value is -1.76. The van der Waals surface area contributed by atoms with Gasteiger partial charge in [-0.15, -0.1) is 5.10 Å². The van der Waals surface area contributed by atoms with Gasteiger partial charge in [0.05, 0.1) is 26.0 Å². The number of fused-ring (bicyclic) bond motifs is 1. The Morgan fingerprint density at radius 2 is 2.29 bits per heavy atom. The van der Waals surface area contributed by atoms with Crippen molar-refractivity contribution in [2.75, 3.05) is 6.61 Å². The predicted octanol–water partition coefficient (Wildman–Crippen LogP) is 1.49. The molecule has 4 rings (SSSR count).